The highest BCUT2D eigenvalue weighted by molar-refractivity contribution is 7.98. The Bertz CT molecular complexity index is 558. The zero-order chi connectivity index (χ0) is 13.8. The van der Waals surface area contributed by atoms with Crippen LogP contribution >= 0.6 is 11.8 Å². The van der Waals surface area contributed by atoms with Gasteiger partial charge in [0.25, 0.3) is 0 Å². The molecule has 0 unspecified atom stereocenters. The maximum absolute atomic E-state index is 11.2. The van der Waals surface area contributed by atoms with Crippen LogP contribution in [0.1, 0.15) is 42.9 Å². The van der Waals surface area contributed by atoms with E-state index < -0.39 is 0 Å². The number of nitrogens with zero attached hydrogens (tertiary/aromatic N) is 2. The van der Waals surface area contributed by atoms with Gasteiger partial charge in [-0.3, -0.25) is 4.79 Å². The normalized spacial score (nSPS) is 10.9. The molecule has 0 amide bonds. The molecule has 0 bridgehead atoms. The molecule has 0 N–H and O–H groups in total. The number of hydrogen-bond donors (Lipinski definition) is 0. The first-order valence-electron chi connectivity index (χ1n) is 6.32. The molecule has 0 atom stereocenters. The molecule has 19 heavy (non-hydrogen) atoms. The van der Waals surface area contributed by atoms with Crippen LogP contribution in [-0.4, -0.2) is 15.3 Å². The molecule has 2 aromatic rings. The van der Waals surface area contributed by atoms with Gasteiger partial charge in [0.1, 0.15) is 0 Å². The number of hydrogen-bond acceptors (Lipinski definition) is 3. The number of imidazole rings is 1. The second-order valence-corrected chi connectivity index (χ2v) is 5.80. The van der Waals surface area contributed by atoms with Gasteiger partial charge in [0.2, 0.25) is 0 Å². The fourth-order valence-corrected chi connectivity index (χ4v) is 2.72. The average molecular weight is 274 g/mol. The monoisotopic (exact) mass is 274 g/mol. The Morgan fingerprint density at radius 3 is 2.58 bits per heavy atom. The topological polar surface area (TPSA) is 34.9 Å². The van der Waals surface area contributed by atoms with Crippen LogP contribution in [0.25, 0.3) is 0 Å². The summed E-state index contributed by atoms with van der Waals surface area (Å²) in [5.41, 5.74) is 1.98. The standard InChI is InChI=1S/C15H18N2OS/c1-11(2)17-10-16-8-14(17)9-19-15-6-4-13(5-7-15)12(3)18/h4-8,10-11H,9H2,1-3H3. The average Bonchev–Trinajstić information content (AvgIpc) is 2.85. The van der Waals surface area contributed by atoms with Gasteiger partial charge in [-0.15, -0.1) is 11.8 Å². The third kappa shape index (κ3) is 3.47. The van der Waals surface area contributed by atoms with E-state index in [1.807, 2.05) is 36.8 Å². The molecule has 0 fully saturated rings. The molecule has 100 valence electrons. The maximum atomic E-state index is 11.2. The van der Waals surface area contributed by atoms with Gasteiger partial charge in [-0.2, -0.15) is 0 Å². The first kappa shape index (κ1) is 13.9. The molecule has 1 heterocycles. The predicted molar refractivity (Wildman–Crippen MR) is 78.6 cm³/mol. The minimum absolute atomic E-state index is 0.106. The number of aromatic nitrogens is 2. The lowest BCUT2D eigenvalue weighted by molar-refractivity contribution is 0.101. The van der Waals surface area contributed by atoms with Crippen LogP contribution < -0.4 is 0 Å². The van der Waals surface area contributed by atoms with E-state index in [2.05, 4.69) is 23.4 Å². The second kappa shape index (κ2) is 6.06. The third-order valence-corrected chi connectivity index (χ3v) is 4.00. The molecule has 0 aliphatic heterocycles. The van der Waals surface area contributed by atoms with Crippen LogP contribution in [0.2, 0.25) is 0 Å². The SMILES string of the molecule is CC(=O)c1ccc(SCc2cncn2C(C)C)cc1. The van der Waals surface area contributed by atoms with E-state index in [1.54, 1.807) is 18.7 Å². The summed E-state index contributed by atoms with van der Waals surface area (Å²) in [6, 6.07) is 8.18. The fourth-order valence-electron chi connectivity index (χ4n) is 1.85. The van der Waals surface area contributed by atoms with Gasteiger partial charge in [-0.1, -0.05) is 12.1 Å². The molecular weight excluding hydrogens is 256 g/mol. The largest absolute Gasteiger partial charge is 0.331 e. The van der Waals surface area contributed by atoms with Crippen molar-refractivity contribution >= 4 is 17.5 Å². The summed E-state index contributed by atoms with van der Waals surface area (Å²) in [4.78, 5) is 16.6. The van der Waals surface area contributed by atoms with E-state index >= 15 is 0 Å². The second-order valence-electron chi connectivity index (χ2n) is 4.76. The van der Waals surface area contributed by atoms with E-state index in [4.69, 9.17) is 0 Å². The molecule has 0 aliphatic carbocycles. The lowest BCUT2D eigenvalue weighted by Gasteiger charge is -2.11. The molecule has 1 aromatic carbocycles. The fraction of sp³-hybridized carbons (Fsp3) is 0.333. The summed E-state index contributed by atoms with van der Waals surface area (Å²) >= 11 is 1.76. The Morgan fingerprint density at radius 1 is 1.32 bits per heavy atom. The molecule has 4 heteroatoms. The number of Topliss-reactive ketones (excluding diaryl/α,β-unsaturated/α-hetero) is 1. The Balaban J connectivity index is 2.02. The summed E-state index contributed by atoms with van der Waals surface area (Å²) in [6.07, 6.45) is 3.79. The lowest BCUT2D eigenvalue weighted by atomic mass is 10.2. The van der Waals surface area contributed by atoms with Crippen molar-refractivity contribution in [2.45, 2.75) is 37.5 Å². The zero-order valence-electron chi connectivity index (χ0n) is 11.5. The third-order valence-electron chi connectivity index (χ3n) is 2.95. The van der Waals surface area contributed by atoms with Crippen LogP contribution in [0, 0.1) is 0 Å². The van der Waals surface area contributed by atoms with Crippen molar-refractivity contribution in [3.63, 3.8) is 0 Å². The van der Waals surface area contributed by atoms with Crippen LogP contribution in [0.3, 0.4) is 0 Å². The van der Waals surface area contributed by atoms with Crippen LogP contribution in [0.4, 0.5) is 0 Å². The van der Waals surface area contributed by atoms with Crippen LogP contribution in [0.5, 0.6) is 0 Å². The van der Waals surface area contributed by atoms with Gasteiger partial charge < -0.3 is 4.57 Å². The van der Waals surface area contributed by atoms with E-state index in [-0.39, 0.29) is 5.78 Å². The molecule has 1 aromatic heterocycles. The highest BCUT2D eigenvalue weighted by Gasteiger charge is 2.06. The van der Waals surface area contributed by atoms with Gasteiger partial charge in [-0.05, 0) is 32.9 Å². The van der Waals surface area contributed by atoms with Crippen molar-refractivity contribution in [2.24, 2.45) is 0 Å². The summed E-state index contributed by atoms with van der Waals surface area (Å²) in [5, 5.41) is 0. The molecule has 0 saturated heterocycles. The minimum atomic E-state index is 0.106. The van der Waals surface area contributed by atoms with Crippen molar-refractivity contribution in [1.29, 1.82) is 0 Å². The Labute approximate surface area is 118 Å². The summed E-state index contributed by atoms with van der Waals surface area (Å²) in [6.45, 7) is 5.89. The quantitative estimate of drug-likeness (QED) is 0.611. The number of ketones is 1. The van der Waals surface area contributed by atoms with E-state index in [0.29, 0.717) is 6.04 Å². The smallest absolute Gasteiger partial charge is 0.159 e. The van der Waals surface area contributed by atoms with Crippen molar-refractivity contribution in [3.05, 3.63) is 48.0 Å². The number of rotatable bonds is 5. The first-order chi connectivity index (χ1) is 9.08. The molecule has 0 aliphatic rings. The zero-order valence-corrected chi connectivity index (χ0v) is 12.3. The molecule has 3 nitrogen and oxygen atoms in total. The Kier molecular flexibility index (Phi) is 4.43. The maximum Gasteiger partial charge on any atom is 0.159 e. The van der Waals surface area contributed by atoms with Gasteiger partial charge >= 0.3 is 0 Å². The molecular formula is C15H18N2OS. The Hall–Kier alpha value is -1.55. The highest BCUT2D eigenvalue weighted by Crippen LogP contribution is 2.24. The minimum Gasteiger partial charge on any atom is -0.331 e. The molecule has 0 spiro atoms. The number of carbonyl (C=O) groups excluding carboxylic acids is 1. The lowest BCUT2D eigenvalue weighted by Crippen LogP contribution is -2.02. The van der Waals surface area contributed by atoms with E-state index in [0.717, 1.165) is 11.3 Å². The van der Waals surface area contributed by atoms with Gasteiger partial charge in [0.05, 0.1) is 6.33 Å². The van der Waals surface area contributed by atoms with Crippen LogP contribution in [0.15, 0.2) is 41.7 Å². The number of thioether (sulfide) groups is 1. The van der Waals surface area contributed by atoms with Gasteiger partial charge in [0.15, 0.2) is 5.78 Å². The Morgan fingerprint density at radius 2 is 2.00 bits per heavy atom. The van der Waals surface area contributed by atoms with Gasteiger partial charge in [0, 0.05) is 34.1 Å². The van der Waals surface area contributed by atoms with E-state index in [1.165, 1.54) is 10.6 Å². The predicted octanol–water partition coefficient (Wildman–Crippen LogP) is 3.96. The summed E-state index contributed by atoms with van der Waals surface area (Å²) < 4.78 is 2.18. The first-order valence-corrected chi connectivity index (χ1v) is 7.31. The summed E-state index contributed by atoms with van der Waals surface area (Å²) in [5.74, 6) is 0.992. The summed E-state index contributed by atoms with van der Waals surface area (Å²) in [7, 11) is 0. The number of benzene rings is 1. The van der Waals surface area contributed by atoms with Gasteiger partial charge in [-0.25, -0.2) is 4.98 Å². The van der Waals surface area contributed by atoms with Crippen molar-refractivity contribution < 1.29 is 4.79 Å². The van der Waals surface area contributed by atoms with Crippen molar-refractivity contribution in [3.8, 4) is 0 Å². The van der Waals surface area contributed by atoms with Crippen molar-refractivity contribution in [1.82, 2.24) is 9.55 Å². The molecule has 2 rings (SSSR count). The van der Waals surface area contributed by atoms with E-state index in [9.17, 15) is 4.79 Å². The number of carbonyl (C=O) groups is 1. The highest BCUT2D eigenvalue weighted by atomic mass is 32.2. The van der Waals surface area contributed by atoms with Crippen molar-refractivity contribution in [2.75, 3.05) is 0 Å². The molecule has 0 radical (unpaired) electrons. The molecule has 0 saturated carbocycles. The van der Waals surface area contributed by atoms with Crippen LogP contribution in [-0.2, 0) is 5.75 Å².